The molecule has 122 valence electrons. The minimum absolute atomic E-state index is 0.772. The molecule has 0 unspecified atom stereocenters. The molecule has 1 heterocycles. The average molecular weight is 324 g/mol. The van der Waals surface area contributed by atoms with Crippen molar-refractivity contribution in [1.29, 1.82) is 0 Å². The van der Waals surface area contributed by atoms with Gasteiger partial charge in [-0.05, 0) is 38.0 Å². The van der Waals surface area contributed by atoms with Gasteiger partial charge >= 0.3 is 0 Å². The molecule has 0 bridgehead atoms. The summed E-state index contributed by atoms with van der Waals surface area (Å²) in [7, 11) is 0. The van der Waals surface area contributed by atoms with Gasteiger partial charge in [-0.3, -0.25) is 0 Å². The van der Waals surface area contributed by atoms with E-state index in [1.54, 1.807) is 0 Å². The highest BCUT2D eigenvalue weighted by Gasteiger charge is 2.15. The monoisotopic (exact) mass is 324 g/mol. The molecule has 2 heteroatoms. The zero-order valence-corrected chi connectivity index (χ0v) is 14.7. The summed E-state index contributed by atoms with van der Waals surface area (Å²) in [5, 5.41) is 1.09. The minimum atomic E-state index is 0.772. The van der Waals surface area contributed by atoms with Crippen molar-refractivity contribution in [2.75, 3.05) is 0 Å². The van der Waals surface area contributed by atoms with E-state index in [2.05, 4.69) is 63.2 Å². The van der Waals surface area contributed by atoms with E-state index in [4.69, 9.17) is 9.97 Å². The Hall–Kier alpha value is -3.00. The van der Waals surface area contributed by atoms with Crippen molar-refractivity contribution in [2.45, 2.75) is 20.8 Å². The first kappa shape index (κ1) is 15.5. The van der Waals surface area contributed by atoms with Crippen molar-refractivity contribution in [2.24, 2.45) is 0 Å². The van der Waals surface area contributed by atoms with Crippen LogP contribution in [0.25, 0.3) is 33.5 Å². The van der Waals surface area contributed by atoms with E-state index in [-0.39, 0.29) is 0 Å². The van der Waals surface area contributed by atoms with Gasteiger partial charge in [-0.15, -0.1) is 0 Å². The van der Waals surface area contributed by atoms with Gasteiger partial charge in [0.1, 0.15) is 0 Å². The zero-order valence-electron chi connectivity index (χ0n) is 14.7. The summed E-state index contributed by atoms with van der Waals surface area (Å²) >= 11 is 0. The summed E-state index contributed by atoms with van der Waals surface area (Å²) in [6.45, 7) is 6.46. The van der Waals surface area contributed by atoms with E-state index in [0.29, 0.717) is 0 Å². The summed E-state index contributed by atoms with van der Waals surface area (Å²) in [6.07, 6.45) is 0. The summed E-state index contributed by atoms with van der Waals surface area (Å²) in [6, 6.07) is 22.9. The minimum Gasteiger partial charge on any atom is -0.228 e. The zero-order chi connectivity index (χ0) is 17.4. The molecule has 2 nitrogen and oxygen atoms in total. The number of benzene rings is 3. The van der Waals surface area contributed by atoms with Crippen LogP contribution in [0.15, 0.2) is 66.7 Å². The van der Waals surface area contributed by atoms with Crippen molar-refractivity contribution in [3.05, 3.63) is 83.4 Å². The fraction of sp³-hybridized carbons (Fsp3) is 0.130. The number of nitrogens with zero attached hydrogens (tertiary/aromatic N) is 2. The Kier molecular flexibility index (Phi) is 3.81. The third-order valence-corrected chi connectivity index (χ3v) is 4.55. The number of hydrogen-bond donors (Lipinski definition) is 0. The summed E-state index contributed by atoms with van der Waals surface area (Å²) in [5.41, 5.74) is 8.02. The molecule has 0 aliphatic heterocycles. The first-order valence-electron chi connectivity index (χ1n) is 8.54. The van der Waals surface area contributed by atoms with Crippen LogP contribution < -0.4 is 0 Å². The lowest BCUT2D eigenvalue weighted by Crippen LogP contribution is -1.98. The molecule has 4 aromatic rings. The smallest absolute Gasteiger partial charge is 0.160 e. The number of hydrogen-bond acceptors (Lipinski definition) is 2. The van der Waals surface area contributed by atoms with Crippen LogP contribution in [0.5, 0.6) is 0 Å². The molecule has 0 atom stereocenters. The Morgan fingerprint density at radius 3 is 2.04 bits per heavy atom. The van der Waals surface area contributed by atoms with Crippen LogP contribution in [0, 0.1) is 20.8 Å². The Labute approximate surface area is 148 Å². The maximum atomic E-state index is 4.98. The van der Waals surface area contributed by atoms with Crippen LogP contribution in [0.3, 0.4) is 0 Å². The van der Waals surface area contributed by atoms with Crippen LogP contribution in [0.4, 0.5) is 0 Å². The highest BCUT2D eigenvalue weighted by Crippen LogP contribution is 2.33. The van der Waals surface area contributed by atoms with E-state index in [1.807, 2.05) is 24.3 Å². The molecule has 0 aliphatic rings. The Bertz CT molecular complexity index is 1040. The maximum Gasteiger partial charge on any atom is 0.160 e. The van der Waals surface area contributed by atoms with Crippen LogP contribution in [0.1, 0.15) is 16.7 Å². The maximum absolute atomic E-state index is 4.98. The first-order valence-corrected chi connectivity index (χ1v) is 8.54. The predicted molar refractivity (Wildman–Crippen MR) is 105 cm³/mol. The lowest BCUT2D eigenvalue weighted by atomic mass is 9.95. The largest absolute Gasteiger partial charge is 0.228 e. The quantitative estimate of drug-likeness (QED) is 0.459. The molecule has 0 fully saturated rings. The molecule has 0 saturated heterocycles. The fourth-order valence-electron chi connectivity index (χ4n) is 3.54. The first-order chi connectivity index (χ1) is 12.1. The van der Waals surface area contributed by atoms with Gasteiger partial charge in [-0.25, -0.2) is 9.97 Å². The van der Waals surface area contributed by atoms with Gasteiger partial charge in [0.2, 0.25) is 0 Å². The van der Waals surface area contributed by atoms with E-state index >= 15 is 0 Å². The molecule has 0 radical (unpaired) electrons. The number of para-hydroxylation sites is 1. The van der Waals surface area contributed by atoms with Crippen molar-refractivity contribution < 1.29 is 0 Å². The van der Waals surface area contributed by atoms with Gasteiger partial charge in [-0.1, -0.05) is 66.2 Å². The van der Waals surface area contributed by atoms with E-state index in [1.165, 1.54) is 22.3 Å². The second-order valence-corrected chi connectivity index (χ2v) is 6.55. The molecular weight excluding hydrogens is 304 g/mol. The number of fused-ring (bicyclic) bond motifs is 1. The van der Waals surface area contributed by atoms with Crippen LogP contribution in [-0.4, -0.2) is 9.97 Å². The summed E-state index contributed by atoms with van der Waals surface area (Å²) in [5.74, 6) is 0.772. The SMILES string of the molecule is Cc1cc(C)c(-c2nc(-c3ccccc3)nc3ccccc23)c(C)c1. The van der Waals surface area contributed by atoms with Crippen LogP contribution >= 0.6 is 0 Å². The van der Waals surface area contributed by atoms with Crippen molar-refractivity contribution >= 4 is 10.9 Å². The Morgan fingerprint density at radius 2 is 1.32 bits per heavy atom. The fourth-order valence-corrected chi connectivity index (χ4v) is 3.54. The van der Waals surface area contributed by atoms with Crippen molar-refractivity contribution in [1.82, 2.24) is 9.97 Å². The third-order valence-electron chi connectivity index (χ3n) is 4.55. The van der Waals surface area contributed by atoms with Crippen LogP contribution in [-0.2, 0) is 0 Å². The number of aromatic nitrogens is 2. The lowest BCUT2D eigenvalue weighted by Gasteiger charge is -2.14. The van der Waals surface area contributed by atoms with E-state index in [9.17, 15) is 0 Å². The van der Waals surface area contributed by atoms with Gasteiger partial charge in [0, 0.05) is 16.5 Å². The molecular formula is C23H20N2. The summed E-state index contributed by atoms with van der Waals surface area (Å²) in [4.78, 5) is 9.78. The average Bonchev–Trinajstić information content (AvgIpc) is 2.61. The molecule has 1 aromatic heterocycles. The standard InChI is InChI=1S/C23H20N2/c1-15-13-16(2)21(17(3)14-15)22-19-11-7-8-12-20(19)24-23(25-22)18-9-5-4-6-10-18/h4-14H,1-3H3. The molecule has 0 amide bonds. The highest BCUT2D eigenvalue weighted by atomic mass is 14.9. The Balaban J connectivity index is 2.07. The molecule has 4 rings (SSSR count). The molecule has 0 spiro atoms. The predicted octanol–water partition coefficient (Wildman–Crippen LogP) is 5.89. The van der Waals surface area contributed by atoms with E-state index < -0.39 is 0 Å². The second-order valence-electron chi connectivity index (χ2n) is 6.55. The van der Waals surface area contributed by atoms with Crippen molar-refractivity contribution in [3.63, 3.8) is 0 Å². The third kappa shape index (κ3) is 2.80. The molecule has 0 aliphatic carbocycles. The number of rotatable bonds is 2. The van der Waals surface area contributed by atoms with Gasteiger partial charge in [0.05, 0.1) is 11.2 Å². The molecule has 3 aromatic carbocycles. The van der Waals surface area contributed by atoms with Gasteiger partial charge < -0.3 is 0 Å². The molecule has 0 saturated carbocycles. The normalized spacial score (nSPS) is 11.0. The van der Waals surface area contributed by atoms with Gasteiger partial charge in [0.25, 0.3) is 0 Å². The van der Waals surface area contributed by atoms with Gasteiger partial charge in [0.15, 0.2) is 5.82 Å². The topological polar surface area (TPSA) is 25.8 Å². The summed E-state index contributed by atoms with van der Waals surface area (Å²) < 4.78 is 0. The highest BCUT2D eigenvalue weighted by molar-refractivity contribution is 5.95. The molecule has 0 N–H and O–H groups in total. The van der Waals surface area contributed by atoms with E-state index in [0.717, 1.165) is 28.0 Å². The van der Waals surface area contributed by atoms with Crippen LogP contribution in [0.2, 0.25) is 0 Å². The van der Waals surface area contributed by atoms with Gasteiger partial charge in [-0.2, -0.15) is 0 Å². The number of aryl methyl sites for hydroxylation is 3. The lowest BCUT2D eigenvalue weighted by molar-refractivity contribution is 1.21. The second kappa shape index (κ2) is 6.14. The molecule has 25 heavy (non-hydrogen) atoms. The van der Waals surface area contributed by atoms with Crippen molar-refractivity contribution in [3.8, 4) is 22.6 Å². The Morgan fingerprint density at radius 1 is 0.680 bits per heavy atom.